The minimum Gasteiger partial charge on any atom is -0.391 e. The molecule has 1 N–H and O–H groups in total. The van der Waals surface area contributed by atoms with Crippen molar-refractivity contribution in [2.75, 3.05) is 43.4 Å². The lowest BCUT2D eigenvalue weighted by molar-refractivity contribution is 0.126. The fraction of sp³-hybridized carbons (Fsp3) is 0.400. The summed E-state index contributed by atoms with van der Waals surface area (Å²) in [7, 11) is 0. The summed E-state index contributed by atoms with van der Waals surface area (Å²) in [5.74, 6) is 0.734. The van der Waals surface area contributed by atoms with Crippen molar-refractivity contribution in [3.8, 4) is 0 Å². The predicted octanol–water partition coefficient (Wildman–Crippen LogP) is 3.92. The molecule has 5 heteroatoms. The highest BCUT2D eigenvalue weighted by molar-refractivity contribution is 7.99. The van der Waals surface area contributed by atoms with E-state index in [1.54, 1.807) is 11.8 Å². The van der Waals surface area contributed by atoms with E-state index in [-0.39, 0.29) is 6.10 Å². The Bertz CT molecular complexity index is 672. The fourth-order valence-electron chi connectivity index (χ4n) is 3.04. The second-order valence-electron chi connectivity index (χ2n) is 6.55. The topological polar surface area (TPSA) is 26.7 Å². The molecule has 0 amide bonds. The van der Waals surface area contributed by atoms with Crippen LogP contribution in [0.3, 0.4) is 0 Å². The first kappa shape index (κ1) is 18.6. The molecule has 2 aromatic rings. The SMILES string of the molecule is Cc1ccc(SC[C@@H](O)CN2CCN(c3cccc(Cl)c3)CC2)cc1. The minimum absolute atomic E-state index is 0.302. The average Bonchev–Trinajstić information content (AvgIpc) is 2.62. The van der Waals surface area contributed by atoms with Gasteiger partial charge in [0.25, 0.3) is 0 Å². The second kappa shape index (κ2) is 8.95. The van der Waals surface area contributed by atoms with Crippen LogP contribution in [0.1, 0.15) is 5.56 Å². The smallest absolute Gasteiger partial charge is 0.0760 e. The van der Waals surface area contributed by atoms with Gasteiger partial charge >= 0.3 is 0 Å². The normalized spacial score (nSPS) is 16.8. The van der Waals surface area contributed by atoms with Crippen molar-refractivity contribution in [3.63, 3.8) is 0 Å². The van der Waals surface area contributed by atoms with Crippen LogP contribution in [0, 0.1) is 6.92 Å². The minimum atomic E-state index is -0.302. The number of aliphatic hydroxyl groups excluding tert-OH is 1. The molecule has 25 heavy (non-hydrogen) atoms. The van der Waals surface area contributed by atoms with Crippen LogP contribution in [0.5, 0.6) is 0 Å². The van der Waals surface area contributed by atoms with Gasteiger partial charge in [0.2, 0.25) is 0 Å². The first-order chi connectivity index (χ1) is 12.1. The van der Waals surface area contributed by atoms with E-state index < -0.39 is 0 Å². The van der Waals surface area contributed by atoms with Crippen LogP contribution < -0.4 is 4.90 Å². The Hall–Kier alpha value is -1.20. The van der Waals surface area contributed by atoms with Gasteiger partial charge in [-0.2, -0.15) is 0 Å². The van der Waals surface area contributed by atoms with Gasteiger partial charge in [0.05, 0.1) is 6.10 Å². The maximum absolute atomic E-state index is 10.3. The van der Waals surface area contributed by atoms with Crippen LogP contribution >= 0.6 is 23.4 Å². The van der Waals surface area contributed by atoms with E-state index in [1.807, 2.05) is 18.2 Å². The lowest BCUT2D eigenvalue weighted by Crippen LogP contribution is -2.48. The number of hydrogen-bond acceptors (Lipinski definition) is 4. The molecule has 1 saturated heterocycles. The van der Waals surface area contributed by atoms with Gasteiger partial charge in [0.15, 0.2) is 0 Å². The number of rotatable bonds is 6. The Balaban J connectivity index is 1.41. The van der Waals surface area contributed by atoms with Crippen molar-refractivity contribution in [1.82, 2.24) is 4.90 Å². The molecular weight excluding hydrogens is 352 g/mol. The molecule has 3 rings (SSSR count). The van der Waals surface area contributed by atoms with Gasteiger partial charge in [-0.05, 0) is 37.3 Å². The molecule has 3 nitrogen and oxygen atoms in total. The number of nitrogens with zero attached hydrogens (tertiary/aromatic N) is 2. The number of hydrogen-bond donors (Lipinski definition) is 1. The summed E-state index contributed by atoms with van der Waals surface area (Å²) in [5.41, 5.74) is 2.45. The number of aliphatic hydroxyl groups is 1. The molecule has 134 valence electrons. The highest BCUT2D eigenvalue weighted by atomic mass is 35.5. The van der Waals surface area contributed by atoms with E-state index in [9.17, 15) is 5.11 Å². The molecule has 0 saturated carbocycles. The molecule has 1 fully saturated rings. The van der Waals surface area contributed by atoms with Gasteiger partial charge < -0.3 is 10.0 Å². The number of aryl methyl sites for hydroxylation is 1. The molecule has 1 heterocycles. The number of halogens is 1. The Morgan fingerprint density at radius 3 is 2.48 bits per heavy atom. The fourth-order valence-corrected chi connectivity index (χ4v) is 4.04. The zero-order valence-electron chi connectivity index (χ0n) is 14.6. The Labute approximate surface area is 159 Å². The van der Waals surface area contributed by atoms with E-state index in [0.717, 1.165) is 43.5 Å². The highest BCUT2D eigenvalue weighted by Gasteiger charge is 2.19. The number of piperazine rings is 1. The number of β-amino-alcohol motifs (C(OH)–C–C–N with tert-alkyl or cyclic N) is 1. The van der Waals surface area contributed by atoms with Crippen molar-refractivity contribution >= 4 is 29.1 Å². The van der Waals surface area contributed by atoms with Crippen LogP contribution in [-0.4, -0.2) is 54.6 Å². The van der Waals surface area contributed by atoms with Crippen molar-refractivity contribution in [1.29, 1.82) is 0 Å². The summed E-state index contributed by atoms with van der Waals surface area (Å²) in [6.45, 7) is 6.71. The van der Waals surface area contributed by atoms with Crippen molar-refractivity contribution in [2.45, 2.75) is 17.9 Å². The maximum atomic E-state index is 10.3. The molecule has 1 atom stereocenters. The van der Waals surface area contributed by atoms with Crippen LogP contribution in [0.15, 0.2) is 53.4 Å². The zero-order chi connectivity index (χ0) is 17.6. The number of thioether (sulfide) groups is 1. The van der Waals surface area contributed by atoms with Gasteiger partial charge in [0.1, 0.15) is 0 Å². The molecule has 0 radical (unpaired) electrons. The van der Waals surface area contributed by atoms with Gasteiger partial charge in [-0.1, -0.05) is 35.4 Å². The summed E-state index contributed by atoms with van der Waals surface area (Å²) >= 11 is 7.81. The zero-order valence-corrected chi connectivity index (χ0v) is 16.1. The second-order valence-corrected chi connectivity index (χ2v) is 8.08. The lowest BCUT2D eigenvalue weighted by Gasteiger charge is -2.37. The van der Waals surface area contributed by atoms with Gasteiger partial charge in [-0.3, -0.25) is 4.90 Å². The standard InChI is InChI=1S/C20H25ClN2OS/c1-16-5-7-20(8-6-16)25-15-19(24)14-22-9-11-23(12-10-22)18-4-2-3-17(21)13-18/h2-8,13,19,24H,9-12,14-15H2,1H3/t19-/m0/s1. The summed E-state index contributed by atoms with van der Waals surface area (Å²) in [6.07, 6.45) is -0.302. The molecular formula is C20H25ClN2OS. The third-order valence-electron chi connectivity index (χ3n) is 4.48. The average molecular weight is 377 g/mol. The molecule has 0 bridgehead atoms. The summed E-state index contributed by atoms with van der Waals surface area (Å²) in [6, 6.07) is 16.5. The number of anilines is 1. The van der Waals surface area contributed by atoms with Crippen molar-refractivity contribution in [3.05, 3.63) is 59.1 Å². The summed E-state index contributed by atoms with van der Waals surface area (Å²) < 4.78 is 0. The first-order valence-corrected chi connectivity index (χ1v) is 10.1. The van der Waals surface area contributed by atoms with E-state index in [2.05, 4.69) is 47.1 Å². The summed E-state index contributed by atoms with van der Waals surface area (Å²) in [5, 5.41) is 11.1. The molecule has 0 aromatic heterocycles. The molecule has 1 aliphatic heterocycles. The lowest BCUT2D eigenvalue weighted by atomic mass is 10.2. The summed E-state index contributed by atoms with van der Waals surface area (Å²) in [4.78, 5) is 5.92. The molecule has 0 unspecified atom stereocenters. The van der Waals surface area contributed by atoms with Crippen LogP contribution in [0.25, 0.3) is 0 Å². The van der Waals surface area contributed by atoms with E-state index in [1.165, 1.54) is 16.1 Å². The Morgan fingerprint density at radius 2 is 1.80 bits per heavy atom. The van der Waals surface area contributed by atoms with Crippen LogP contribution in [0.2, 0.25) is 5.02 Å². The Morgan fingerprint density at radius 1 is 1.08 bits per heavy atom. The van der Waals surface area contributed by atoms with Gasteiger partial charge in [0, 0.05) is 54.1 Å². The van der Waals surface area contributed by atoms with E-state index >= 15 is 0 Å². The van der Waals surface area contributed by atoms with Gasteiger partial charge in [-0.15, -0.1) is 11.8 Å². The third kappa shape index (κ3) is 5.65. The maximum Gasteiger partial charge on any atom is 0.0760 e. The van der Waals surface area contributed by atoms with E-state index in [4.69, 9.17) is 11.6 Å². The highest BCUT2D eigenvalue weighted by Crippen LogP contribution is 2.22. The van der Waals surface area contributed by atoms with Crippen molar-refractivity contribution in [2.24, 2.45) is 0 Å². The van der Waals surface area contributed by atoms with E-state index in [0.29, 0.717) is 0 Å². The molecule has 0 aliphatic carbocycles. The van der Waals surface area contributed by atoms with Gasteiger partial charge in [-0.25, -0.2) is 0 Å². The third-order valence-corrected chi connectivity index (χ3v) is 5.87. The number of benzene rings is 2. The predicted molar refractivity (Wildman–Crippen MR) is 108 cm³/mol. The molecule has 2 aromatic carbocycles. The van der Waals surface area contributed by atoms with Crippen LogP contribution in [0.4, 0.5) is 5.69 Å². The van der Waals surface area contributed by atoms with Crippen molar-refractivity contribution < 1.29 is 5.11 Å². The Kier molecular flexibility index (Phi) is 6.65. The van der Waals surface area contributed by atoms with Crippen LogP contribution in [-0.2, 0) is 0 Å². The monoisotopic (exact) mass is 376 g/mol. The first-order valence-electron chi connectivity index (χ1n) is 8.70. The quantitative estimate of drug-likeness (QED) is 0.773. The molecule has 1 aliphatic rings. The largest absolute Gasteiger partial charge is 0.391 e. The molecule has 0 spiro atoms.